The van der Waals surface area contributed by atoms with Crippen LogP contribution in [0.3, 0.4) is 0 Å². The molecule has 0 aliphatic heterocycles. The van der Waals surface area contributed by atoms with Gasteiger partial charge in [-0.1, -0.05) is 47.5 Å². The van der Waals surface area contributed by atoms with Crippen molar-refractivity contribution in [1.29, 1.82) is 0 Å². The highest BCUT2D eigenvalue weighted by Gasteiger charge is 2.03. The molecule has 0 saturated carbocycles. The second-order valence-electron chi connectivity index (χ2n) is 5.54. The molecule has 0 radical (unpaired) electrons. The molecule has 0 unspecified atom stereocenters. The average molecular weight is 405 g/mol. The van der Waals surface area contributed by atoms with E-state index < -0.39 is 0 Å². The van der Waals surface area contributed by atoms with Crippen molar-refractivity contribution in [2.75, 3.05) is 0 Å². The highest BCUT2D eigenvalue weighted by atomic mass is 35.5. The number of hydrazone groups is 2. The number of carbonyl (C=O) groups is 2. The molecule has 0 bridgehead atoms. The van der Waals surface area contributed by atoms with Crippen LogP contribution in [0.25, 0.3) is 0 Å². The van der Waals surface area contributed by atoms with Crippen molar-refractivity contribution in [2.24, 2.45) is 10.2 Å². The Bertz CT molecular complexity index is 749. The first-order chi connectivity index (χ1) is 13.0. The summed E-state index contributed by atoms with van der Waals surface area (Å²) >= 11 is 11.6. The van der Waals surface area contributed by atoms with Gasteiger partial charge < -0.3 is 0 Å². The van der Waals surface area contributed by atoms with Gasteiger partial charge in [0.2, 0.25) is 11.8 Å². The number of nitrogens with one attached hydrogen (secondary N) is 2. The predicted octanol–water partition coefficient (Wildman–Crippen LogP) is 3.76. The molecule has 2 amide bonds. The van der Waals surface area contributed by atoms with E-state index in [9.17, 15) is 9.59 Å². The number of benzene rings is 2. The van der Waals surface area contributed by atoms with Crippen molar-refractivity contribution in [3.63, 3.8) is 0 Å². The normalized spacial score (nSPS) is 11.0. The quantitative estimate of drug-likeness (QED) is 0.518. The second-order valence-corrected chi connectivity index (χ2v) is 6.42. The fourth-order valence-corrected chi connectivity index (χ4v) is 2.23. The summed E-state index contributed by atoms with van der Waals surface area (Å²) in [7, 11) is 0. The van der Waals surface area contributed by atoms with Crippen LogP contribution in [0.5, 0.6) is 0 Å². The van der Waals surface area contributed by atoms with Gasteiger partial charge in [0.15, 0.2) is 0 Å². The number of hydrogen-bond acceptors (Lipinski definition) is 4. The van der Waals surface area contributed by atoms with E-state index in [1.165, 1.54) is 12.4 Å². The summed E-state index contributed by atoms with van der Waals surface area (Å²) in [6.45, 7) is 0. The van der Waals surface area contributed by atoms with Gasteiger partial charge in [-0.15, -0.1) is 0 Å². The summed E-state index contributed by atoms with van der Waals surface area (Å²) in [5.41, 5.74) is 6.46. The minimum atomic E-state index is -0.266. The first-order valence-electron chi connectivity index (χ1n) is 8.18. The molecule has 0 saturated heterocycles. The Hall–Kier alpha value is -2.70. The van der Waals surface area contributed by atoms with E-state index in [4.69, 9.17) is 23.2 Å². The molecule has 0 aromatic heterocycles. The molecule has 2 rings (SSSR count). The standard InChI is InChI=1S/C19H18Cl2N4O2/c20-16-8-4-14(5-9-16)12-22-24-18(26)2-1-3-19(27)25-23-13-15-6-10-17(21)11-7-15/h4-13H,1-3H2,(H,24,26)(H,25,27)/b22-12+,23-13+. The zero-order valence-electron chi connectivity index (χ0n) is 14.4. The fourth-order valence-electron chi connectivity index (χ4n) is 1.98. The van der Waals surface area contributed by atoms with Crippen molar-refractivity contribution in [3.8, 4) is 0 Å². The van der Waals surface area contributed by atoms with Crippen LogP contribution in [0.4, 0.5) is 0 Å². The minimum Gasteiger partial charge on any atom is -0.273 e. The molecular weight excluding hydrogens is 387 g/mol. The van der Waals surface area contributed by atoms with Crippen molar-refractivity contribution < 1.29 is 9.59 Å². The van der Waals surface area contributed by atoms with Gasteiger partial charge in [0.1, 0.15) is 0 Å². The molecule has 8 heteroatoms. The molecule has 6 nitrogen and oxygen atoms in total. The Balaban J connectivity index is 1.61. The van der Waals surface area contributed by atoms with Gasteiger partial charge in [-0.05, 0) is 41.8 Å². The van der Waals surface area contributed by atoms with Gasteiger partial charge in [-0.3, -0.25) is 9.59 Å². The van der Waals surface area contributed by atoms with E-state index >= 15 is 0 Å². The first kappa shape index (κ1) is 20.6. The molecule has 0 aliphatic rings. The van der Waals surface area contributed by atoms with Crippen LogP contribution in [0.15, 0.2) is 58.7 Å². The van der Waals surface area contributed by atoms with Crippen LogP contribution in [0.2, 0.25) is 10.0 Å². The lowest BCUT2D eigenvalue weighted by Gasteiger charge is -2.01. The summed E-state index contributed by atoms with van der Waals surface area (Å²) in [6.07, 6.45) is 3.81. The first-order valence-corrected chi connectivity index (χ1v) is 8.93. The largest absolute Gasteiger partial charge is 0.273 e. The summed E-state index contributed by atoms with van der Waals surface area (Å²) in [6, 6.07) is 14.1. The van der Waals surface area contributed by atoms with E-state index in [1.54, 1.807) is 48.5 Å². The molecule has 27 heavy (non-hydrogen) atoms. The number of hydrogen-bond donors (Lipinski definition) is 2. The third kappa shape index (κ3) is 8.48. The highest BCUT2D eigenvalue weighted by Crippen LogP contribution is 2.08. The third-order valence-corrected chi connectivity index (χ3v) is 3.86. The maximum absolute atomic E-state index is 11.7. The lowest BCUT2D eigenvalue weighted by molar-refractivity contribution is -0.122. The number of halogens is 2. The Labute approximate surface area is 167 Å². The molecule has 2 N–H and O–H groups in total. The third-order valence-electron chi connectivity index (χ3n) is 3.35. The second kappa shape index (κ2) is 11.1. The van der Waals surface area contributed by atoms with Crippen LogP contribution in [0, 0.1) is 0 Å². The molecule has 140 valence electrons. The summed E-state index contributed by atoms with van der Waals surface area (Å²) < 4.78 is 0. The van der Waals surface area contributed by atoms with Crippen LogP contribution in [0.1, 0.15) is 30.4 Å². The average Bonchev–Trinajstić information content (AvgIpc) is 2.65. The molecule has 0 heterocycles. The maximum atomic E-state index is 11.7. The van der Waals surface area contributed by atoms with E-state index in [0.717, 1.165) is 11.1 Å². The SMILES string of the molecule is O=C(CCCC(=O)N/N=C/c1ccc(Cl)cc1)N/N=C/c1ccc(Cl)cc1. The fraction of sp³-hybridized carbons (Fsp3) is 0.158. The molecular formula is C19H18Cl2N4O2. The van der Waals surface area contributed by atoms with E-state index in [2.05, 4.69) is 21.1 Å². The van der Waals surface area contributed by atoms with Gasteiger partial charge in [-0.2, -0.15) is 10.2 Å². The molecule has 0 atom stereocenters. The monoisotopic (exact) mass is 404 g/mol. The number of carbonyl (C=O) groups excluding carboxylic acids is 2. The van der Waals surface area contributed by atoms with Crippen LogP contribution in [-0.2, 0) is 9.59 Å². The highest BCUT2D eigenvalue weighted by molar-refractivity contribution is 6.30. The van der Waals surface area contributed by atoms with Crippen molar-refractivity contribution in [1.82, 2.24) is 10.9 Å². The van der Waals surface area contributed by atoms with Gasteiger partial charge in [0, 0.05) is 22.9 Å². The lowest BCUT2D eigenvalue weighted by Crippen LogP contribution is -2.20. The minimum absolute atomic E-state index is 0.187. The Kier molecular flexibility index (Phi) is 8.48. The van der Waals surface area contributed by atoms with Crippen molar-refractivity contribution in [3.05, 3.63) is 69.7 Å². The number of nitrogens with zero attached hydrogens (tertiary/aromatic N) is 2. The van der Waals surface area contributed by atoms with Gasteiger partial charge in [-0.25, -0.2) is 10.9 Å². The molecule has 0 fully saturated rings. The van der Waals surface area contributed by atoms with E-state index in [0.29, 0.717) is 16.5 Å². The zero-order chi connectivity index (χ0) is 19.5. The smallest absolute Gasteiger partial charge is 0.240 e. The van der Waals surface area contributed by atoms with Gasteiger partial charge in [0.25, 0.3) is 0 Å². The van der Waals surface area contributed by atoms with Crippen molar-refractivity contribution >= 4 is 47.4 Å². The Morgan fingerprint density at radius 2 is 1.11 bits per heavy atom. The Morgan fingerprint density at radius 3 is 1.48 bits per heavy atom. The summed E-state index contributed by atoms with van der Waals surface area (Å²) in [4.78, 5) is 23.4. The predicted molar refractivity (Wildman–Crippen MR) is 108 cm³/mol. The van der Waals surface area contributed by atoms with E-state index in [-0.39, 0.29) is 24.7 Å². The Morgan fingerprint density at radius 1 is 0.741 bits per heavy atom. The van der Waals surface area contributed by atoms with Gasteiger partial charge >= 0.3 is 0 Å². The van der Waals surface area contributed by atoms with Crippen LogP contribution in [-0.4, -0.2) is 24.2 Å². The summed E-state index contributed by atoms with van der Waals surface area (Å²) in [5.74, 6) is -0.532. The maximum Gasteiger partial charge on any atom is 0.240 e. The van der Waals surface area contributed by atoms with Crippen LogP contribution >= 0.6 is 23.2 Å². The number of amides is 2. The van der Waals surface area contributed by atoms with Crippen molar-refractivity contribution in [2.45, 2.75) is 19.3 Å². The van der Waals surface area contributed by atoms with Gasteiger partial charge in [0.05, 0.1) is 12.4 Å². The lowest BCUT2D eigenvalue weighted by atomic mass is 10.2. The molecule has 0 spiro atoms. The van der Waals surface area contributed by atoms with E-state index in [1.807, 2.05) is 0 Å². The summed E-state index contributed by atoms with van der Waals surface area (Å²) in [5, 5.41) is 8.98. The number of rotatable bonds is 8. The molecule has 2 aromatic rings. The molecule has 2 aromatic carbocycles. The van der Waals surface area contributed by atoms with Crippen LogP contribution < -0.4 is 10.9 Å². The topological polar surface area (TPSA) is 82.9 Å². The molecule has 0 aliphatic carbocycles. The zero-order valence-corrected chi connectivity index (χ0v) is 15.9.